The van der Waals surface area contributed by atoms with Gasteiger partial charge < -0.3 is 20.6 Å². The molecule has 1 aromatic rings. The van der Waals surface area contributed by atoms with Gasteiger partial charge in [-0.2, -0.15) is 0 Å². The minimum Gasteiger partial charge on any atom is -0.391 e. The molecule has 1 saturated carbocycles. The first kappa shape index (κ1) is 18.2. The molecule has 26 heavy (non-hydrogen) atoms. The van der Waals surface area contributed by atoms with E-state index in [1.807, 2.05) is 0 Å². The quantitative estimate of drug-likeness (QED) is 0.629. The van der Waals surface area contributed by atoms with Gasteiger partial charge in [0.15, 0.2) is 0 Å². The summed E-state index contributed by atoms with van der Waals surface area (Å²) in [5.41, 5.74) is 1.52. The van der Waals surface area contributed by atoms with E-state index in [2.05, 4.69) is 20.6 Å². The van der Waals surface area contributed by atoms with Gasteiger partial charge in [0.05, 0.1) is 35.6 Å². The standard InChI is InChI=1S/C17H23N5O4/c1-9-15(10(2)20-8-19-9)16(25)21-12-5-11(6-13(12)23)17(26)22-4-3-18-14(24)7-22/h8,11-13,23H,3-7H2,1-2H3,(H,18,24)(H,21,25)/t11-,12+,13+/m0/s1. The Morgan fingerprint density at radius 1 is 1.27 bits per heavy atom. The van der Waals surface area contributed by atoms with Crippen molar-refractivity contribution in [3.05, 3.63) is 23.3 Å². The van der Waals surface area contributed by atoms with Gasteiger partial charge in [-0.1, -0.05) is 0 Å². The minimum absolute atomic E-state index is 0.0438. The van der Waals surface area contributed by atoms with Crippen LogP contribution in [-0.4, -0.2) is 69.5 Å². The zero-order valence-corrected chi connectivity index (χ0v) is 14.9. The second-order valence-corrected chi connectivity index (χ2v) is 6.84. The normalized spacial score (nSPS) is 25.7. The molecule has 1 aromatic heterocycles. The molecule has 2 heterocycles. The number of aliphatic hydroxyl groups is 1. The van der Waals surface area contributed by atoms with Gasteiger partial charge >= 0.3 is 0 Å². The Kier molecular flexibility index (Phi) is 5.17. The maximum atomic E-state index is 12.6. The number of rotatable bonds is 3. The van der Waals surface area contributed by atoms with E-state index in [9.17, 15) is 19.5 Å². The van der Waals surface area contributed by atoms with Gasteiger partial charge in [-0.05, 0) is 26.7 Å². The molecule has 1 aliphatic heterocycles. The lowest BCUT2D eigenvalue weighted by Crippen LogP contribution is -2.51. The fourth-order valence-corrected chi connectivity index (χ4v) is 3.62. The molecule has 0 spiro atoms. The summed E-state index contributed by atoms with van der Waals surface area (Å²) in [7, 11) is 0. The first-order valence-electron chi connectivity index (χ1n) is 8.69. The van der Waals surface area contributed by atoms with Crippen molar-refractivity contribution in [1.29, 1.82) is 0 Å². The number of aromatic nitrogens is 2. The molecule has 3 rings (SSSR count). The summed E-state index contributed by atoms with van der Waals surface area (Å²) < 4.78 is 0. The van der Waals surface area contributed by atoms with E-state index in [-0.39, 0.29) is 30.7 Å². The second-order valence-electron chi connectivity index (χ2n) is 6.84. The van der Waals surface area contributed by atoms with Crippen molar-refractivity contribution in [2.75, 3.05) is 19.6 Å². The lowest BCUT2D eigenvalue weighted by molar-refractivity contribution is -0.141. The maximum Gasteiger partial charge on any atom is 0.255 e. The van der Waals surface area contributed by atoms with Crippen LogP contribution in [0.5, 0.6) is 0 Å². The minimum atomic E-state index is -0.809. The average Bonchev–Trinajstić information content (AvgIpc) is 2.94. The first-order valence-corrected chi connectivity index (χ1v) is 8.69. The number of amides is 3. The topological polar surface area (TPSA) is 125 Å². The molecule has 0 aromatic carbocycles. The third-order valence-corrected chi connectivity index (χ3v) is 5.00. The van der Waals surface area contributed by atoms with Gasteiger partial charge in [0, 0.05) is 19.0 Å². The van der Waals surface area contributed by atoms with Gasteiger partial charge in [-0.25, -0.2) is 9.97 Å². The zero-order valence-electron chi connectivity index (χ0n) is 14.9. The molecule has 2 aliphatic rings. The Morgan fingerprint density at radius 3 is 2.62 bits per heavy atom. The molecule has 0 radical (unpaired) electrons. The van der Waals surface area contributed by atoms with Crippen LogP contribution in [0.1, 0.15) is 34.6 Å². The van der Waals surface area contributed by atoms with Crippen molar-refractivity contribution in [2.45, 2.75) is 38.8 Å². The van der Waals surface area contributed by atoms with E-state index in [4.69, 9.17) is 0 Å². The fourth-order valence-electron chi connectivity index (χ4n) is 3.62. The summed E-state index contributed by atoms with van der Waals surface area (Å²) in [6.45, 7) is 4.40. The number of carbonyl (C=O) groups excluding carboxylic acids is 3. The molecule has 2 fully saturated rings. The highest BCUT2D eigenvalue weighted by Crippen LogP contribution is 2.28. The van der Waals surface area contributed by atoms with E-state index < -0.39 is 18.1 Å². The summed E-state index contributed by atoms with van der Waals surface area (Å²) in [5.74, 6) is -1.08. The predicted octanol–water partition coefficient (Wildman–Crippen LogP) is -1.08. The van der Waals surface area contributed by atoms with E-state index in [0.29, 0.717) is 36.5 Å². The molecule has 3 amide bonds. The van der Waals surface area contributed by atoms with Crippen molar-refractivity contribution >= 4 is 17.7 Å². The molecule has 0 bridgehead atoms. The van der Waals surface area contributed by atoms with Crippen molar-refractivity contribution in [2.24, 2.45) is 5.92 Å². The number of piperazine rings is 1. The summed E-state index contributed by atoms with van der Waals surface area (Å²) in [4.78, 5) is 46.2. The van der Waals surface area contributed by atoms with Crippen LogP contribution < -0.4 is 10.6 Å². The highest BCUT2D eigenvalue weighted by atomic mass is 16.3. The lowest BCUT2D eigenvalue weighted by atomic mass is 10.1. The number of carbonyl (C=O) groups is 3. The average molecular weight is 361 g/mol. The molecule has 1 saturated heterocycles. The number of nitrogens with zero attached hydrogens (tertiary/aromatic N) is 3. The Bertz CT molecular complexity index is 718. The van der Waals surface area contributed by atoms with E-state index in [0.717, 1.165) is 0 Å². The number of aliphatic hydroxyl groups excluding tert-OH is 1. The molecule has 3 N–H and O–H groups in total. The monoisotopic (exact) mass is 361 g/mol. The summed E-state index contributed by atoms with van der Waals surface area (Å²) in [5, 5.41) is 15.8. The fraction of sp³-hybridized carbons (Fsp3) is 0.588. The number of nitrogens with one attached hydrogen (secondary N) is 2. The van der Waals surface area contributed by atoms with Gasteiger partial charge in [-0.3, -0.25) is 14.4 Å². The van der Waals surface area contributed by atoms with Gasteiger partial charge in [0.1, 0.15) is 6.33 Å². The number of hydrogen-bond donors (Lipinski definition) is 3. The zero-order chi connectivity index (χ0) is 18.8. The van der Waals surface area contributed by atoms with Crippen molar-refractivity contribution in [1.82, 2.24) is 25.5 Å². The highest BCUT2D eigenvalue weighted by Gasteiger charge is 2.40. The van der Waals surface area contributed by atoms with Crippen LogP contribution in [0.25, 0.3) is 0 Å². The third kappa shape index (κ3) is 3.67. The van der Waals surface area contributed by atoms with Crippen LogP contribution in [0.15, 0.2) is 6.33 Å². The summed E-state index contributed by atoms with van der Waals surface area (Å²) in [6, 6.07) is -0.519. The number of aryl methyl sites for hydroxylation is 2. The molecule has 3 atom stereocenters. The molecular formula is C17H23N5O4. The van der Waals surface area contributed by atoms with E-state index in [1.165, 1.54) is 11.2 Å². The van der Waals surface area contributed by atoms with Crippen LogP contribution in [-0.2, 0) is 9.59 Å². The van der Waals surface area contributed by atoms with Crippen LogP contribution in [0.4, 0.5) is 0 Å². The van der Waals surface area contributed by atoms with Crippen LogP contribution >= 0.6 is 0 Å². The smallest absolute Gasteiger partial charge is 0.255 e. The van der Waals surface area contributed by atoms with Crippen LogP contribution in [0.3, 0.4) is 0 Å². The molecule has 140 valence electrons. The predicted molar refractivity (Wildman–Crippen MR) is 91.1 cm³/mol. The number of hydrogen-bond acceptors (Lipinski definition) is 6. The van der Waals surface area contributed by atoms with E-state index >= 15 is 0 Å². The lowest BCUT2D eigenvalue weighted by Gasteiger charge is -2.29. The largest absolute Gasteiger partial charge is 0.391 e. The highest BCUT2D eigenvalue weighted by molar-refractivity contribution is 5.96. The van der Waals surface area contributed by atoms with Gasteiger partial charge in [-0.15, -0.1) is 0 Å². The Labute approximate surface area is 151 Å². The maximum absolute atomic E-state index is 12.6. The van der Waals surface area contributed by atoms with Gasteiger partial charge in [0.25, 0.3) is 5.91 Å². The molecule has 9 nitrogen and oxygen atoms in total. The van der Waals surface area contributed by atoms with Crippen LogP contribution in [0, 0.1) is 19.8 Å². The third-order valence-electron chi connectivity index (χ3n) is 5.00. The van der Waals surface area contributed by atoms with Crippen LogP contribution in [0.2, 0.25) is 0 Å². The Morgan fingerprint density at radius 2 is 1.96 bits per heavy atom. The van der Waals surface area contributed by atoms with Gasteiger partial charge in [0.2, 0.25) is 11.8 Å². The molecule has 0 unspecified atom stereocenters. The van der Waals surface area contributed by atoms with Crippen molar-refractivity contribution in [3.63, 3.8) is 0 Å². The second kappa shape index (κ2) is 7.36. The van der Waals surface area contributed by atoms with E-state index in [1.54, 1.807) is 13.8 Å². The SMILES string of the molecule is Cc1ncnc(C)c1C(=O)N[C@@H]1C[C@H](C(=O)N2CCNC(=O)C2)C[C@H]1O. The Hall–Kier alpha value is -2.55. The summed E-state index contributed by atoms with van der Waals surface area (Å²) >= 11 is 0. The van der Waals surface area contributed by atoms with Crippen molar-refractivity contribution in [3.8, 4) is 0 Å². The molecule has 9 heteroatoms. The summed E-state index contributed by atoms with van der Waals surface area (Å²) in [6.07, 6.45) is 1.20. The molecular weight excluding hydrogens is 338 g/mol. The Balaban J connectivity index is 1.64. The first-order chi connectivity index (χ1) is 12.4. The molecule has 1 aliphatic carbocycles. The van der Waals surface area contributed by atoms with Crippen molar-refractivity contribution < 1.29 is 19.5 Å².